The molecule has 1 aliphatic carbocycles. The molecule has 0 aromatic heterocycles. The first kappa shape index (κ1) is 13.3. The van der Waals surface area contributed by atoms with E-state index in [9.17, 15) is 5.11 Å². The topological polar surface area (TPSA) is 58.3 Å². The largest absolute Gasteiger partial charge is 0.379 e. The average molecular weight is 287 g/mol. The second kappa shape index (κ2) is 5.04. The van der Waals surface area contributed by atoms with Crippen LogP contribution in [0.4, 0.5) is 0 Å². The van der Waals surface area contributed by atoms with E-state index in [-0.39, 0.29) is 6.54 Å². The molecule has 0 saturated carbocycles. The third-order valence-corrected chi connectivity index (χ3v) is 3.90. The van der Waals surface area contributed by atoms with Crippen LogP contribution < -0.4 is 11.3 Å². The average Bonchev–Trinajstić information content (AvgIpc) is 2.57. The molecule has 0 amide bonds. The second-order valence-electron chi connectivity index (χ2n) is 4.89. The maximum absolute atomic E-state index is 11.2. The number of hydrogen-bond acceptors (Lipinski definition) is 3. The maximum atomic E-state index is 11.2. The number of hydrazine groups is 1. The Balaban J connectivity index is 2.32. The highest BCUT2D eigenvalue weighted by Crippen LogP contribution is 2.38. The predicted octanol–water partition coefficient (Wildman–Crippen LogP) is 2.52. The fourth-order valence-electron chi connectivity index (χ4n) is 2.71. The lowest BCUT2D eigenvalue weighted by molar-refractivity contribution is 0.0801. The van der Waals surface area contributed by atoms with E-state index in [0.717, 1.165) is 22.3 Å². The zero-order valence-electron chi connectivity index (χ0n) is 10.8. The third-order valence-electron chi connectivity index (χ3n) is 3.67. The number of aliphatic hydroxyl groups is 1. The van der Waals surface area contributed by atoms with Crippen molar-refractivity contribution in [2.75, 3.05) is 6.54 Å². The van der Waals surface area contributed by atoms with Gasteiger partial charge in [-0.2, -0.15) is 0 Å². The molecule has 4 heteroatoms. The van der Waals surface area contributed by atoms with Gasteiger partial charge in [0.05, 0.1) is 0 Å². The number of nitrogens with one attached hydrogen (secondary N) is 1. The molecule has 2 aromatic carbocycles. The molecule has 1 atom stereocenters. The molecule has 0 radical (unpaired) electrons. The van der Waals surface area contributed by atoms with Crippen molar-refractivity contribution in [3.8, 4) is 0 Å². The lowest BCUT2D eigenvalue weighted by Gasteiger charge is -2.30. The van der Waals surface area contributed by atoms with Gasteiger partial charge in [0.25, 0.3) is 0 Å². The van der Waals surface area contributed by atoms with Crippen LogP contribution in [0.1, 0.15) is 22.3 Å². The number of nitrogens with two attached hydrogens (primary N) is 1. The quantitative estimate of drug-likeness (QED) is 0.587. The van der Waals surface area contributed by atoms with E-state index in [1.807, 2.05) is 48.6 Å². The zero-order chi connectivity index (χ0) is 14.2. The van der Waals surface area contributed by atoms with Gasteiger partial charge in [-0.15, -0.1) is 0 Å². The van der Waals surface area contributed by atoms with Gasteiger partial charge >= 0.3 is 0 Å². The molecule has 0 spiro atoms. The van der Waals surface area contributed by atoms with Crippen LogP contribution in [-0.4, -0.2) is 11.7 Å². The van der Waals surface area contributed by atoms with Crippen molar-refractivity contribution in [1.82, 2.24) is 5.43 Å². The predicted molar refractivity (Wildman–Crippen MR) is 82.0 cm³/mol. The Morgan fingerprint density at radius 1 is 1.05 bits per heavy atom. The summed E-state index contributed by atoms with van der Waals surface area (Å²) >= 11 is 6.10. The third kappa shape index (κ3) is 2.05. The Hall–Kier alpha value is -1.65. The lowest BCUT2D eigenvalue weighted by Crippen LogP contribution is -2.42. The van der Waals surface area contributed by atoms with Crippen molar-refractivity contribution in [2.24, 2.45) is 5.84 Å². The molecular weight excluding hydrogens is 272 g/mol. The summed E-state index contributed by atoms with van der Waals surface area (Å²) in [5, 5.41) is 11.8. The highest BCUT2D eigenvalue weighted by atomic mass is 35.5. The van der Waals surface area contributed by atoms with Crippen LogP contribution in [0.3, 0.4) is 0 Å². The van der Waals surface area contributed by atoms with Gasteiger partial charge in [0.1, 0.15) is 5.60 Å². The first-order valence-electron chi connectivity index (χ1n) is 6.38. The summed E-state index contributed by atoms with van der Waals surface area (Å²) in [4.78, 5) is 0. The van der Waals surface area contributed by atoms with Crippen LogP contribution in [0.25, 0.3) is 12.2 Å². The summed E-state index contributed by atoms with van der Waals surface area (Å²) in [6.45, 7) is 0.207. The molecule has 20 heavy (non-hydrogen) atoms. The number of hydrogen-bond donors (Lipinski definition) is 3. The summed E-state index contributed by atoms with van der Waals surface area (Å²) in [6.07, 6.45) is 3.98. The summed E-state index contributed by atoms with van der Waals surface area (Å²) in [5.74, 6) is 5.48. The van der Waals surface area contributed by atoms with E-state index < -0.39 is 5.60 Å². The summed E-state index contributed by atoms with van der Waals surface area (Å²) in [6, 6.07) is 13.2. The monoisotopic (exact) mass is 286 g/mol. The number of rotatable bonds is 2. The van der Waals surface area contributed by atoms with Gasteiger partial charge in [-0.25, -0.2) is 0 Å². The number of halogens is 1. The molecule has 0 saturated heterocycles. The highest BCUT2D eigenvalue weighted by Gasteiger charge is 2.35. The van der Waals surface area contributed by atoms with E-state index in [1.165, 1.54) is 0 Å². The van der Waals surface area contributed by atoms with Crippen molar-refractivity contribution in [1.29, 1.82) is 0 Å². The number of fused-ring (bicyclic) bond motifs is 2. The molecule has 0 heterocycles. The smallest absolute Gasteiger partial charge is 0.130 e. The molecule has 1 aliphatic rings. The van der Waals surface area contributed by atoms with Gasteiger partial charge in [0.15, 0.2) is 0 Å². The molecule has 0 bridgehead atoms. The molecule has 4 N–H and O–H groups in total. The molecule has 0 fully saturated rings. The van der Waals surface area contributed by atoms with Crippen LogP contribution in [-0.2, 0) is 5.60 Å². The van der Waals surface area contributed by atoms with Gasteiger partial charge in [0.2, 0.25) is 0 Å². The molecule has 1 unspecified atom stereocenters. The van der Waals surface area contributed by atoms with E-state index in [0.29, 0.717) is 5.02 Å². The van der Waals surface area contributed by atoms with Gasteiger partial charge < -0.3 is 5.11 Å². The Bertz CT molecular complexity index is 684. The van der Waals surface area contributed by atoms with Crippen molar-refractivity contribution >= 4 is 23.8 Å². The van der Waals surface area contributed by atoms with Gasteiger partial charge in [-0.1, -0.05) is 54.1 Å². The van der Waals surface area contributed by atoms with Crippen molar-refractivity contribution < 1.29 is 5.11 Å². The fraction of sp³-hybridized carbons (Fsp3) is 0.125. The van der Waals surface area contributed by atoms with Crippen molar-refractivity contribution in [3.63, 3.8) is 0 Å². The normalized spacial score (nSPS) is 20.1. The molecule has 0 aliphatic heterocycles. The minimum Gasteiger partial charge on any atom is -0.379 e. The van der Waals surface area contributed by atoms with Gasteiger partial charge in [0, 0.05) is 11.6 Å². The van der Waals surface area contributed by atoms with Crippen LogP contribution >= 0.6 is 11.6 Å². The summed E-state index contributed by atoms with van der Waals surface area (Å²) in [5.41, 5.74) is 4.85. The fourth-order valence-corrected chi connectivity index (χ4v) is 2.89. The Morgan fingerprint density at radius 2 is 1.75 bits per heavy atom. The van der Waals surface area contributed by atoms with Gasteiger partial charge in [-0.05, 0) is 34.4 Å². The summed E-state index contributed by atoms with van der Waals surface area (Å²) < 4.78 is 0. The van der Waals surface area contributed by atoms with Crippen LogP contribution in [0.2, 0.25) is 5.02 Å². The minimum atomic E-state index is -1.21. The first-order chi connectivity index (χ1) is 9.65. The maximum Gasteiger partial charge on any atom is 0.130 e. The Morgan fingerprint density at radius 3 is 2.50 bits per heavy atom. The SMILES string of the molecule is NNCC1(O)c2ccccc2C=Cc2ccc(Cl)cc21. The molecule has 2 aromatic rings. The minimum absolute atomic E-state index is 0.207. The zero-order valence-corrected chi connectivity index (χ0v) is 11.6. The molecular formula is C16H15ClN2O. The molecule has 102 valence electrons. The standard InChI is InChI=1S/C16H15ClN2O/c17-13-8-7-12-6-5-11-3-1-2-4-14(11)16(20,10-19-18)15(12)9-13/h1-9,19-20H,10,18H2. The number of benzene rings is 2. The Kier molecular flexibility index (Phi) is 3.36. The van der Waals surface area contributed by atoms with E-state index >= 15 is 0 Å². The van der Waals surface area contributed by atoms with Crippen LogP contribution in [0.5, 0.6) is 0 Å². The Labute approximate surface area is 122 Å². The van der Waals surface area contributed by atoms with Crippen LogP contribution in [0.15, 0.2) is 42.5 Å². The van der Waals surface area contributed by atoms with Crippen molar-refractivity contribution in [2.45, 2.75) is 5.60 Å². The second-order valence-corrected chi connectivity index (χ2v) is 5.33. The first-order valence-corrected chi connectivity index (χ1v) is 6.76. The van der Waals surface area contributed by atoms with E-state index in [2.05, 4.69) is 5.43 Å². The van der Waals surface area contributed by atoms with Gasteiger partial charge in [-0.3, -0.25) is 11.3 Å². The van der Waals surface area contributed by atoms with E-state index in [1.54, 1.807) is 6.07 Å². The highest BCUT2D eigenvalue weighted by molar-refractivity contribution is 6.30. The molecule has 3 rings (SSSR count). The lowest BCUT2D eigenvalue weighted by atomic mass is 9.83. The summed E-state index contributed by atoms with van der Waals surface area (Å²) in [7, 11) is 0. The molecule has 3 nitrogen and oxygen atoms in total. The van der Waals surface area contributed by atoms with Crippen molar-refractivity contribution in [3.05, 3.63) is 69.7 Å². The van der Waals surface area contributed by atoms with E-state index in [4.69, 9.17) is 17.4 Å². The van der Waals surface area contributed by atoms with Crippen LogP contribution in [0, 0.1) is 0 Å².